The van der Waals surface area contributed by atoms with Gasteiger partial charge >= 0.3 is 0 Å². The highest BCUT2D eigenvalue weighted by atomic mass is 16.2. The van der Waals surface area contributed by atoms with Gasteiger partial charge in [0.05, 0.1) is 0 Å². The van der Waals surface area contributed by atoms with Crippen molar-refractivity contribution in [3.05, 3.63) is 11.6 Å². The molecule has 106 valence electrons. The van der Waals surface area contributed by atoms with Crippen LogP contribution in [0.4, 0.5) is 0 Å². The number of hydrogen-bond donors (Lipinski definition) is 2. The molecule has 0 bridgehead atoms. The molecule has 1 saturated carbocycles. The third kappa shape index (κ3) is 3.55. The van der Waals surface area contributed by atoms with E-state index < -0.39 is 0 Å². The molecule has 1 unspecified atom stereocenters. The number of amides is 1. The van der Waals surface area contributed by atoms with Crippen LogP contribution >= 0.6 is 0 Å². The summed E-state index contributed by atoms with van der Waals surface area (Å²) in [5.74, 6) is 1.70. The molecule has 5 nitrogen and oxygen atoms in total. The topological polar surface area (TPSA) is 70.7 Å². The molecule has 1 aromatic heterocycles. The third-order valence-electron chi connectivity index (χ3n) is 3.97. The number of aromatic nitrogens is 3. The first-order chi connectivity index (χ1) is 9.08. The molecule has 1 aliphatic carbocycles. The van der Waals surface area contributed by atoms with Crippen molar-refractivity contribution in [2.24, 2.45) is 5.92 Å². The van der Waals surface area contributed by atoms with Gasteiger partial charge in [-0.3, -0.25) is 9.89 Å². The van der Waals surface area contributed by atoms with Gasteiger partial charge in [-0.1, -0.05) is 33.1 Å². The predicted octanol–water partition coefficient (Wildman–Crippen LogP) is 2.63. The van der Waals surface area contributed by atoms with Gasteiger partial charge in [0.25, 0.3) is 5.91 Å². The van der Waals surface area contributed by atoms with Crippen LogP contribution in [0.3, 0.4) is 0 Å². The normalized spacial score (nSPS) is 18.5. The Morgan fingerprint density at radius 3 is 2.53 bits per heavy atom. The summed E-state index contributed by atoms with van der Waals surface area (Å²) in [6.07, 6.45) is 6.32. The summed E-state index contributed by atoms with van der Waals surface area (Å²) >= 11 is 0. The van der Waals surface area contributed by atoms with Crippen LogP contribution < -0.4 is 5.32 Å². The molecule has 0 saturated heterocycles. The van der Waals surface area contributed by atoms with Gasteiger partial charge < -0.3 is 5.32 Å². The van der Waals surface area contributed by atoms with E-state index in [9.17, 15) is 4.79 Å². The number of H-pyrrole nitrogens is 1. The molecule has 1 aliphatic rings. The zero-order valence-corrected chi connectivity index (χ0v) is 12.1. The largest absolute Gasteiger partial charge is 0.347 e. The van der Waals surface area contributed by atoms with Crippen molar-refractivity contribution in [3.8, 4) is 0 Å². The molecule has 1 amide bonds. The minimum atomic E-state index is -0.166. The fourth-order valence-corrected chi connectivity index (χ4v) is 2.66. The minimum absolute atomic E-state index is 0.166. The zero-order chi connectivity index (χ0) is 13.8. The molecule has 1 aromatic rings. The minimum Gasteiger partial charge on any atom is -0.347 e. The molecule has 2 N–H and O–H groups in total. The molecule has 5 heteroatoms. The number of nitrogens with one attached hydrogen (secondary N) is 2. The monoisotopic (exact) mass is 264 g/mol. The first-order valence-corrected chi connectivity index (χ1v) is 7.31. The molecule has 0 aromatic carbocycles. The van der Waals surface area contributed by atoms with Crippen LogP contribution in [0.2, 0.25) is 0 Å². The standard InChI is InChI=1S/C14H24N4O/c1-9(2)12-16-13(18-17-12)14(19)15-10(3)11-7-5-4-6-8-11/h9-11H,4-8H2,1-3H3,(H,15,19)(H,16,17,18). The van der Waals surface area contributed by atoms with Crippen molar-refractivity contribution in [3.63, 3.8) is 0 Å². The Balaban J connectivity index is 1.91. The lowest BCUT2D eigenvalue weighted by atomic mass is 9.84. The van der Waals surface area contributed by atoms with Crippen molar-refractivity contribution in [2.75, 3.05) is 0 Å². The van der Waals surface area contributed by atoms with E-state index in [-0.39, 0.29) is 23.7 Å². The van der Waals surface area contributed by atoms with Crippen LogP contribution in [0, 0.1) is 5.92 Å². The lowest BCUT2D eigenvalue weighted by Crippen LogP contribution is -2.39. The second-order valence-corrected chi connectivity index (χ2v) is 5.86. The van der Waals surface area contributed by atoms with E-state index in [1.54, 1.807) is 0 Å². The quantitative estimate of drug-likeness (QED) is 0.878. The number of carbonyl (C=O) groups is 1. The van der Waals surface area contributed by atoms with Crippen LogP contribution in [0.5, 0.6) is 0 Å². The van der Waals surface area contributed by atoms with Gasteiger partial charge in [-0.2, -0.15) is 0 Å². The van der Waals surface area contributed by atoms with E-state index in [2.05, 4.69) is 27.4 Å². The van der Waals surface area contributed by atoms with Gasteiger partial charge in [0.2, 0.25) is 5.82 Å². The summed E-state index contributed by atoms with van der Waals surface area (Å²) in [7, 11) is 0. The summed E-state index contributed by atoms with van der Waals surface area (Å²) in [5.41, 5.74) is 0. The van der Waals surface area contributed by atoms with Crippen molar-refractivity contribution in [2.45, 2.75) is 64.8 Å². The first kappa shape index (κ1) is 14.0. The molecule has 0 aliphatic heterocycles. The van der Waals surface area contributed by atoms with E-state index in [0.29, 0.717) is 5.92 Å². The smallest absolute Gasteiger partial charge is 0.291 e. The summed E-state index contributed by atoms with van der Waals surface area (Å²) in [4.78, 5) is 16.3. The zero-order valence-electron chi connectivity index (χ0n) is 12.1. The van der Waals surface area contributed by atoms with E-state index in [0.717, 1.165) is 5.82 Å². The maximum Gasteiger partial charge on any atom is 0.291 e. The summed E-state index contributed by atoms with van der Waals surface area (Å²) < 4.78 is 0. The van der Waals surface area contributed by atoms with Crippen molar-refractivity contribution >= 4 is 5.91 Å². The Hall–Kier alpha value is -1.39. The molecule has 1 heterocycles. The highest BCUT2D eigenvalue weighted by Crippen LogP contribution is 2.26. The van der Waals surface area contributed by atoms with Gasteiger partial charge in [-0.15, -0.1) is 5.10 Å². The highest BCUT2D eigenvalue weighted by Gasteiger charge is 2.23. The van der Waals surface area contributed by atoms with Crippen LogP contribution in [0.25, 0.3) is 0 Å². The van der Waals surface area contributed by atoms with Crippen LogP contribution in [-0.2, 0) is 0 Å². The average Bonchev–Trinajstić information content (AvgIpc) is 2.89. The van der Waals surface area contributed by atoms with Gasteiger partial charge in [-0.25, -0.2) is 4.98 Å². The number of nitrogens with zero attached hydrogens (tertiary/aromatic N) is 2. The maximum absolute atomic E-state index is 12.1. The summed E-state index contributed by atoms with van der Waals surface area (Å²) in [6, 6.07) is 0.203. The van der Waals surface area contributed by atoms with Gasteiger partial charge in [0, 0.05) is 12.0 Å². The Morgan fingerprint density at radius 2 is 1.95 bits per heavy atom. The summed E-state index contributed by atoms with van der Waals surface area (Å²) in [5, 5.41) is 9.84. The molecule has 1 fully saturated rings. The lowest BCUT2D eigenvalue weighted by Gasteiger charge is -2.27. The average molecular weight is 264 g/mol. The lowest BCUT2D eigenvalue weighted by molar-refractivity contribution is 0.0909. The molecule has 2 rings (SSSR count). The number of rotatable bonds is 4. The summed E-state index contributed by atoms with van der Waals surface area (Å²) in [6.45, 7) is 6.13. The number of carbonyl (C=O) groups excluding carboxylic acids is 1. The second-order valence-electron chi connectivity index (χ2n) is 5.86. The maximum atomic E-state index is 12.1. The Kier molecular flexibility index (Phi) is 4.56. The Morgan fingerprint density at radius 1 is 1.26 bits per heavy atom. The third-order valence-corrected chi connectivity index (χ3v) is 3.97. The second kappa shape index (κ2) is 6.17. The fourth-order valence-electron chi connectivity index (χ4n) is 2.66. The van der Waals surface area contributed by atoms with Gasteiger partial charge in [0.15, 0.2) is 0 Å². The van der Waals surface area contributed by atoms with E-state index in [1.165, 1.54) is 32.1 Å². The first-order valence-electron chi connectivity index (χ1n) is 7.31. The van der Waals surface area contributed by atoms with Crippen LogP contribution in [0.1, 0.15) is 75.2 Å². The molecule has 0 radical (unpaired) electrons. The van der Waals surface area contributed by atoms with Crippen molar-refractivity contribution in [1.29, 1.82) is 0 Å². The van der Waals surface area contributed by atoms with E-state index in [4.69, 9.17) is 0 Å². The molecular weight excluding hydrogens is 240 g/mol. The van der Waals surface area contributed by atoms with Crippen molar-refractivity contribution in [1.82, 2.24) is 20.5 Å². The highest BCUT2D eigenvalue weighted by molar-refractivity contribution is 5.90. The fraction of sp³-hybridized carbons (Fsp3) is 0.786. The van der Waals surface area contributed by atoms with Crippen molar-refractivity contribution < 1.29 is 4.79 Å². The van der Waals surface area contributed by atoms with Crippen LogP contribution in [0.15, 0.2) is 0 Å². The van der Waals surface area contributed by atoms with Gasteiger partial charge in [0.1, 0.15) is 5.82 Å². The Bertz CT molecular complexity index is 421. The molecule has 19 heavy (non-hydrogen) atoms. The SMILES string of the molecule is CC(C)c1nc(C(=O)NC(C)C2CCCCC2)n[nH]1. The molecule has 1 atom stereocenters. The Labute approximate surface area is 114 Å². The molecular formula is C14H24N4O. The predicted molar refractivity (Wildman–Crippen MR) is 74.0 cm³/mol. The van der Waals surface area contributed by atoms with E-state index in [1.807, 2.05) is 13.8 Å². The molecule has 0 spiro atoms. The van der Waals surface area contributed by atoms with E-state index >= 15 is 0 Å². The van der Waals surface area contributed by atoms with Gasteiger partial charge in [-0.05, 0) is 25.7 Å². The number of aromatic amines is 1. The number of hydrogen-bond acceptors (Lipinski definition) is 3. The van der Waals surface area contributed by atoms with Crippen LogP contribution in [-0.4, -0.2) is 27.1 Å².